The number of aromatic nitrogens is 1. The third-order valence-electron chi connectivity index (χ3n) is 4.21. The second-order valence-corrected chi connectivity index (χ2v) is 9.02. The molecule has 9 nitrogen and oxygen atoms in total. The lowest BCUT2D eigenvalue weighted by Crippen LogP contribution is -2.37. The van der Waals surface area contributed by atoms with E-state index in [-0.39, 0.29) is 24.5 Å². The van der Waals surface area contributed by atoms with Crippen molar-refractivity contribution < 1.29 is 18.0 Å². The zero-order valence-corrected chi connectivity index (χ0v) is 19.0. The van der Waals surface area contributed by atoms with E-state index in [9.17, 15) is 22.8 Å². The lowest BCUT2D eigenvalue weighted by atomic mass is 10.3. The van der Waals surface area contributed by atoms with E-state index < -0.39 is 33.9 Å². The normalized spacial score (nSPS) is 11.3. The molecule has 0 aliphatic heterocycles. The van der Waals surface area contributed by atoms with Crippen LogP contribution in [0.3, 0.4) is 0 Å². The van der Waals surface area contributed by atoms with Crippen molar-refractivity contribution in [2.45, 2.75) is 25.3 Å². The molecule has 2 aromatic rings. The molecule has 0 aliphatic carbocycles. The standard InChI is InChI=1S/C19H23BrN4O5S/c1-3-24(4-2)30(28,29)14-9-10-19(27)23(12-14)13-18(26)21-11-17(25)22-16-8-6-5-7-15(16)20/h5-10,12H,3-4,11,13H2,1-2H3,(H,21,26)(H,22,25). The van der Waals surface area contributed by atoms with E-state index in [2.05, 4.69) is 26.6 Å². The van der Waals surface area contributed by atoms with E-state index in [1.807, 2.05) is 0 Å². The summed E-state index contributed by atoms with van der Waals surface area (Å²) in [4.78, 5) is 36.2. The summed E-state index contributed by atoms with van der Waals surface area (Å²) < 4.78 is 28.2. The molecule has 0 saturated heterocycles. The number of rotatable bonds is 9. The number of sulfonamides is 1. The average Bonchev–Trinajstić information content (AvgIpc) is 2.70. The highest BCUT2D eigenvalue weighted by Crippen LogP contribution is 2.20. The van der Waals surface area contributed by atoms with E-state index in [4.69, 9.17) is 0 Å². The minimum Gasteiger partial charge on any atom is -0.345 e. The number of carbonyl (C=O) groups is 2. The summed E-state index contributed by atoms with van der Waals surface area (Å²) in [5.74, 6) is -1.04. The van der Waals surface area contributed by atoms with Crippen LogP contribution in [0.25, 0.3) is 0 Å². The largest absolute Gasteiger partial charge is 0.345 e. The first-order valence-corrected chi connectivity index (χ1v) is 11.4. The lowest BCUT2D eigenvalue weighted by Gasteiger charge is -2.19. The number of para-hydroxylation sites is 1. The monoisotopic (exact) mass is 498 g/mol. The highest BCUT2D eigenvalue weighted by Gasteiger charge is 2.22. The van der Waals surface area contributed by atoms with Crippen LogP contribution in [0.15, 0.2) is 56.8 Å². The molecule has 11 heteroatoms. The number of halogens is 1. The zero-order valence-electron chi connectivity index (χ0n) is 16.6. The van der Waals surface area contributed by atoms with E-state index in [0.717, 1.165) is 16.8 Å². The van der Waals surface area contributed by atoms with Gasteiger partial charge in [-0.15, -0.1) is 0 Å². The quantitative estimate of drug-likeness (QED) is 0.541. The molecule has 0 atom stereocenters. The number of anilines is 1. The fourth-order valence-corrected chi connectivity index (χ4v) is 4.51. The topological polar surface area (TPSA) is 118 Å². The Morgan fingerprint density at radius 1 is 1.07 bits per heavy atom. The number of benzene rings is 1. The fourth-order valence-electron chi connectivity index (χ4n) is 2.64. The summed E-state index contributed by atoms with van der Waals surface area (Å²) in [7, 11) is -3.77. The number of hydrogen-bond acceptors (Lipinski definition) is 5. The first-order valence-electron chi connectivity index (χ1n) is 9.20. The van der Waals surface area contributed by atoms with Crippen molar-refractivity contribution in [3.8, 4) is 0 Å². The lowest BCUT2D eigenvalue weighted by molar-refractivity contribution is -0.124. The highest BCUT2D eigenvalue weighted by molar-refractivity contribution is 9.10. The third-order valence-corrected chi connectivity index (χ3v) is 6.93. The molecule has 0 radical (unpaired) electrons. The van der Waals surface area contributed by atoms with Crippen LogP contribution in [-0.2, 0) is 26.2 Å². The van der Waals surface area contributed by atoms with Crippen LogP contribution in [0.4, 0.5) is 5.69 Å². The molecule has 0 aliphatic rings. The van der Waals surface area contributed by atoms with Gasteiger partial charge in [0.15, 0.2) is 0 Å². The summed E-state index contributed by atoms with van der Waals surface area (Å²) in [5.41, 5.74) is 0.0311. The Morgan fingerprint density at radius 2 is 1.73 bits per heavy atom. The predicted octanol–water partition coefficient (Wildman–Crippen LogP) is 1.40. The van der Waals surface area contributed by atoms with Gasteiger partial charge in [-0.25, -0.2) is 8.42 Å². The van der Waals surface area contributed by atoms with E-state index in [1.165, 1.54) is 10.4 Å². The van der Waals surface area contributed by atoms with Crippen molar-refractivity contribution in [1.82, 2.24) is 14.2 Å². The van der Waals surface area contributed by atoms with Crippen molar-refractivity contribution in [1.29, 1.82) is 0 Å². The molecule has 0 unspecified atom stereocenters. The molecule has 2 rings (SSSR count). The Balaban J connectivity index is 2.04. The van der Waals surface area contributed by atoms with Gasteiger partial charge < -0.3 is 15.2 Å². The number of carbonyl (C=O) groups excluding carboxylic acids is 2. The Morgan fingerprint density at radius 3 is 2.37 bits per heavy atom. The van der Waals surface area contributed by atoms with Crippen molar-refractivity contribution in [3.63, 3.8) is 0 Å². The molecule has 1 heterocycles. The Kier molecular flexibility index (Phi) is 8.33. The fraction of sp³-hybridized carbons (Fsp3) is 0.316. The van der Waals surface area contributed by atoms with Crippen LogP contribution in [0.2, 0.25) is 0 Å². The van der Waals surface area contributed by atoms with Gasteiger partial charge in [0.25, 0.3) is 5.56 Å². The molecule has 1 aromatic heterocycles. The SMILES string of the molecule is CCN(CC)S(=O)(=O)c1ccc(=O)n(CC(=O)NCC(=O)Nc2ccccc2Br)c1. The molecule has 0 saturated carbocycles. The van der Waals surface area contributed by atoms with Crippen LogP contribution in [0.5, 0.6) is 0 Å². The molecule has 30 heavy (non-hydrogen) atoms. The molecule has 1 aromatic carbocycles. The average molecular weight is 499 g/mol. The van der Waals surface area contributed by atoms with Crippen molar-refractivity contribution in [2.24, 2.45) is 0 Å². The number of nitrogens with one attached hydrogen (secondary N) is 2. The summed E-state index contributed by atoms with van der Waals surface area (Å²) in [6.07, 6.45) is 1.14. The molecule has 0 fully saturated rings. The Bertz CT molecular complexity index is 1080. The van der Waals surface area contributed by atoms with Crippen LogP contribution in [0, 0.1) is 0 Å². The van der Waals surface area contributed by atoms with Gasteiger partial charge in [0.05, 0.1) is 17.1 Å². The van der Waals surface area contributed by atoms with Gasteiger partial charge in [-0.05, 0) is 34.1 Å². The minimum atomic E-state index is -3.77. The molecule has 162 valence electrons. The van der Waals surface area contributed by atoms with Crippen LogP contribution in [0.1, 0.15) is 13.8 Å². The smallest absolute Gasteiger partial charge is 0.251 e. The molecule has 2 amide bonds. The van der Waals surface area contributed by atoms with Crippen molar-refractivity contribution in [2.75, 3.05) is 25.0 Å². The van der Waals surface area contributed by atoms with Gasteiger partial charge in [-0.2, -0.15) is 4.31 Å². The second-order valence-electron chi connectivity index (χ2n) is 6.23. The molecule has 2 N–H and O–H groups in total. The predicted molar refractivity (Wildman–Crippen MR) is 117 cm³/mol. The molecule has 0 bridgehead atoms. The second kappa shape index (κ2) is 10.5. The maximum atomic E-state index is 12.6. The molecular weight excluding hydrogens is 476 g/mol. The Labute approximate surface area is 183 Å². The van der Waals surface area contributed by atoms with Crippen molar-refractivity contribution in [3.05, 3.63) is 57.4 Å². The van der Waals surface area contributed by atoms with Gasteiger partial charge in [0, 0.05) is 29.8 Å². The summed E-state index contributed by atoms with van der Waals surface area (Å²) >= 11 is 3.31. The van der Waals surface area contributed by atoms with Crippen LogP contribution < -0.4 is 16.2 Å². The van der Waals surface area contributed by atoms with Gasteiger partial charge >= 0.3 is 0 Å². The van der Waals surface area contributed by atoms with Gasteiger partial charge in [0.2, 0.25) is 21.8 Å². The number of pyridine rings is 1. The number of amides is 2. The maximum absolute atomic E-state index is 12.6. The van der Waals surface area contributed by atoms with E-state index in [0.29, 0.717) is 10.2 Å². The third kappa shape index (κ3) is 6.00. The highest BCUT2D eigenvalue weighted by atomic mass is 79.9. The van der Waals surface area contributed by atoms with Crippen molar-refractivity contribution >= 4 is 43.5 Å². The zero-order chi connectivity index (χ0) is 22.3. The van der Waals surface area contributed by atoms with Gasteiger partial charge in [-0.3, -0.25) is 14.4 Å². The molecular formula is C19H23BrN4O5S. The first kappa shape index (κ1) is 23.8. The minimum absolute atomic E-state index is 0.0785. The van der Waals surface area contributed by atoms with E-state index in [1.54, 1.807) is 38.1 Å². The van der Waals surface area contributed by atoms with Gasteiger partial charge in [0.1, 0.15) is 6.54 Å². The van der Waals surface area contributed by atoms with Crippen LogP contribution in [-0.4, -0.2) is 48.7 Å². The van der Waals surface area contributed by atoms with Crippen LogP contribution >= 0.6 is 15.9 Å². The summed E-state index contributed by atoms with van der Waals surface area (Å²) in [6.45, 7) is 3.28. The Hall–Kier alpha value is -2.50. The summed E-state index contributed by atoms with van der Waals surface area (Å²) in [5, 5.41) is 5.06. The molecule has 0 spiro atoms. The van der Waals surface area contributed by atoms with Gasteiger partial charge in [-0.1, -0.05) is 26.0 Å². The first-order chi connectivity index (χ1) is 14.2. The number of hydrogen-bond donors (Lipinski definition) is 2. The van der Waals surface area contributed by atoms with E-state index >= 15 is 0 Å². The summed E-state index contributed by atoms with van der Waals surface area (Å²) in [6, 6.07) is 9.34. The number of nitrogens with zero attached hydrogens (tertiary/aromatic N) is 2. The maximum Gasteiger partial charge on any atom is 0.251 e.